The molecule has 1 aromatic carbocycles. The summed E-state index contributed by atoms with van der Waals surface area (Å²) in [5.41, 5.74) is 0.934. The fraction of sp³-hybridized carbons (Fsp3) is 0.455. The van der Waals surface area contributed by atoms with E-state index < -0.39 is 0 Å². The highest BCUT2D eigenvalue weighted by molar-refractivity contribution is 5.15. The molecule has 0 spiro atoms. The number of hydroxylamine groups is 3. The highest BCUT2D eigenvalue weighted by Gasteiger charge is 2.22. The Morgan fingerprint density at radius 2 is 1.71 bits per heavy atom. The number of likely N-dealkylation sites (tertiary alicyclic amines) is 1. The zero-order chi connectivity index (χ0) is 10.0. The van der Waals surface area contributed by atoms with E-state index in [4.69, 9.17) is 0 Å². The summed E-state index contributed by atoms with van der Waals surface area (Å²) in [6, 6.07) is 6.23. The first kappa shape index (κ1) is 9.62. The lowest BCUT2D eigenvalue weighted by Gasteiger charge is -2.38. The number of nitrogens with zero attached hydrogens (tertiary/aromatic N) is 1. The van der Waals surface area contributed by atoms with Gasteiger partial charge in [-0.05, 0) is 12.1 Å². The van der Waals surface area contributed by atoms with E-state index in [9.17, 15) is 9.60 Å². The third-order valence-corrected chi connectivity index (χ3v) is 2.77. The van der Waals surface area contributed by atoms with Crippen molar-refractivity contribution < 1.29 is 9.04 Å². The lowest BCUT2D eigenvalue weighted by molar-refractivity contribution is -0.881. The van der Waals surface area contributed by atoms with Gasteiger partial charge in [0.25, 0.3) is 0 Å². The van der Waals surface area contributed by atoms with Gasteiger partial charge in [0.2, 0.25) is 0 Å². The predicted octanol–water partition coefficient (Wildman–Crippen LogP) is 2.43. The van der Waals surface area contributed by atoms with E-state index in [1.165, 1.54) is 12.1 Å². The Bertz CT molecular complexity index is 304. The average Bonchev–Trinajstić information content (AvgIpc) is 2.57. The summed E-state index contributed by atoms with van der Waals surface area (Å²) in [5, 5.41) is 12.0. The zero-order valence-corrected chi connectivity index (χ0v) is 8.08. The molecule has 14 heavy (non-hydrogen) atoms. The largest absolute Gasteiger partial charge is 0.633 e. The number of quaternary nitrogens is 1. The van der Waals surface area contributed by atoms with Gasteiger partial charge < -0.3 is 9.85 Å². The Labute approximate surface area is 83.1 Å². The van der Waals surface area contributed by atoms with Gasteiger partial charge in [0.1, 0.15) is 12.4 Å². The minimum absolute atomic E-state index is 0.133. The lowest BCUT2D eigenvalue weighted by Crippen LogP contribution is -2.37. The molecule has 0 aliphatic carbocycles. The molecule has 0 amide bonds. The Balaban J connectivity index is 2.06. The van der Waals surface area contributed by atoms with Crippen LogP contribution in [0, 0.1) is 11.0 Å². The molecule has 1 aliphatic rings. The summed E-state index contributed by atoms with van der Waals surface area (Å²) in [5.74, 6) is -0.243. The molecule has 0 aromatic heterocycles. The maximum atomic E-state index is 12.6. The fourth-order valence-corrected chi connectivity index (χ4v) is 1.99. The SMILES string of the molecule is [O-][N+]1(Cc2ccc(F)cc2)CCCC1. The van der Waals surface area contributed by atoms with Crippen LogP contribution in [0.5, 0.6) is 0 Å². The van der Waals surface area contributed by atoms with Crippen LogP contribution in [0.15, 0.2) is 24.3 Å². The monoisotopic (exact) mass is 195 g/mol. The van der Waals surface area contributed by atoms with E-state index in [0.717, 1.165) is 18.4 Å². The molecule has 0 atom stereocenters. The highest BCUT2D eigenvalue weighted by atomic mass is 19.1. The second kappa shape index (κ2) is 3.67. The molecule has 1 fully saturated rings. The zero-order valence-electron chi connectivity index (χ0n) is 8.08. The Morgan fingerprint density at radius 1 is 1.14 bits per heavy atom. The standard InChI is InChI=1S/C11H14FNO/c12-11-5-3-10(4-6-11)9-13(14)7-1-2-8-13/h3-6H,1-2,7-9H2. The molecule has 0 N–H and O–H groups in total. The van der Waals surface area contributed by atoms with Gasteiger partial charge in [-0.15, -0.1) is 0 Å². The first-order valence-corrected chi connectivity index (χ1v) is 5.00. The number of rotatable bonds is 2. The summed E-state index contributed by atoms with van der Waals surface area (Å²) in [6.07, 6.45) is 2.04. The van der Waals surface area contributed by atoms with E-state index in [2.05, 4.69) is 0 Å². The van der Waals surface area contributed by atoms with Crippen molar-refractivity contribution in [3.05, 3.63) is 40.9 Å². The minimum Gasteiger partial charge on any atom is -0.633 e. The molecule has 2 nitrogen and oxygen atoms in total. The smallest absolute Gasteiger partial charge is 0.123 e. The number of benzene rings is 1. The molecule has 1 aliphatic heterocycles. The van der Waals surface area contributed by atoms with Crippen molar-refractivity contribution in [1.29, 1.82) is 0 Å². The van der Waals surface area contributed by atoms with Crippen molar-refractivity contribution in [1.82, 2.24) is 0 Å². The van der Waals surface area contributed by atoms with Gasteiger partial charge in [-0.2, -0.15) is 0 Å². The second-order valence-corrected chi connectivity index (χ2v) is 4.00. The van der Waals surface area contributed by atoms with E-state index in [1.807, 2.05) is 0 Å². The lowest BCUT2D eigenvalue weighted by atomic mass is 10.2. The van der Waals surface area contributed by atoms with Crippen LogP contribution in [-0.4, -0.2) is 17.7 Å². The summed E-state index contributed by atoms with van der Waals surface area (Å²) in [4.78, 5) is 0. The summed E-state index contributed by atoms with van der Waals surface area (Å²) < 4.78 is 12.5. The summed E-state index contributed by atoms with van der Waals surface area (Å²) in [7, 11) is 0. The highest BCUT2D eigenvalue weighted by Crippen LogP contribution is 2.21. The van der Waals surface area contributed by atoms with Gasteiger partial charge in [-0.1, -0.05) is 12.1 Å². The van der Waals surface area contributed by atoms with Gasteiger partial charge in [0.05, 0.1) is 13.1 Å². The molecular formula is C11H14FNO. The average molecular weight is 195 g/mol. The molecule has 76 valence electrons. The van der Waals surface area contributed by atoms with Gasteiger partial charge in [0.15, 0.2) is 0 Å². The van der Waals surface area contributed by atoms with Crippen molar-refractivity contribution in [2.75, 3.05) is 13.1 Å². The molecule has 0 unspecified atom stereocenters. The number of halogens is 1. The van der Waals surface area contributed by atoms with Crippen LogP contribution in [0.1, 0.15) is 18.4 Å². The van der Waals surface area contributed by atoms with Gasteiger partial charge in [-0.3, -0.25) is 0 Å². The molecule has 1 saturated heterocycles. The Kier molecular flexibility index (Phi) is 2.52. The van der Waals surface area contributed by atoms with Gasteiger partial charge in [0, 0.05) is 18.4 Å². The first-order valence-electron chi connectivity index (χ1n) is 5.00. The van der Waals surface area contributed by atoms with Crippen LogP contribution < -0.4 is 0 Å². The molecule has 1 aromatic rings. The van der Waals surface area contributed by atoms with E-state index >= 15 is 0 Å². The van der Waals surface area contributed by atoms with Crippen molar-refractivity contribution in [3.63, 3.8) is 0 Å². The van der Waals surface area contributed by atoms with Crippen LogP contribution in [0.2, 0.25) is 0 Å². The van der Waals surface area contributed by atoms with Crippen LogP contribution in [0.3, 0.4) is 0 Å². The van der Waals surface area contributed by atoms with E-state index in [1.54, 1.807) is 12.1 Å². The Morgan fingerprint density at radius 3 is 2.29 bits per heavy atom. The Hall–Kier alpha value is -0.930. The normalized spacial score (nSPS) is 19.9. The second-order valence-electron chi connectivity index (χ2n) is 4.00. The summed E-state index contributed by atoms with van der Waals surface area (Å²) in [6.45, 7) is 1.90. The van der Waals surface area contributed by atoms with Crippen molar-refractivity contribution in [2.45, 2.75) is 19.4 Å². The van der Waals surface area contributed by atoms with Crippen LogP contribution in [0.25, 0.3) is 0 Å². The van der Waals surface area contributed by atoms with Crippen molar-refractivity contribution in [2.24, 2.45) is 0 Å². The number of hydrogen-bond donors (Lipinski definition) is 0. The molecule has 3 heteroatoms. The third-order valence-electron chi connectivity index (χ3n) is 2.77. The first-order chi connectivity index (χ1) is 6.68. The molecule has 1 heterocycles. The molecular weight excluding hydrogens is 181 g/mol. The minimum atomic E-state index is -0.243. The van der Waals surface area contributed by atoms with E-state index in [0.29, 0.717) is 19.6 Å². The van der Waals surface area contributed by atoms with Crippen molar-refractivity contribution in [3.8, 4) is 0 Å². The summed E-state index contributed by atoms with van der Waals surface area (Å²) >= 11 is 0. The topological polar surface area (TPSA) is 23.1 Å². The van der Waals surface area contributed by atoms with Gasteiger partial charge in [-0.25, -0.2) is 4.39 Å². The predicted molar refractivity (Wildman–Crippen MR) is 52.7 cm³/mol. The molecule has 0 radical (unpaired) electrons. The molecule has 0 saturated carbocycles. The molecule has 0 bridgehead atoms. The maximum Gasteiger partial charge on any atom is 0.123 e. The van der Waals surface area contributed by atoms with Gasteiger partial charge >= 0.3 is 0 Å². The fourth-order valence-electron chi connectivity index (χ4n) is 1.99. The molecule has 2 rings (SSSR count). The number of hydrogen-bond acceptors (Lipinski definition) is 1. The quantitative estimate of drug-likeness (QED) is 0.525. The third kappa shape index (κ3) is 2.11. The van der Waals surface area contributed by atoms with Crippen LogP contribution in [-0.2, 0) is 6.54 Å². The van der Waals surface area contributed by atoms with Crippen LogP contribution >= 0.6 is 0 Å². The van der Waals surface area contributed by atoms with Crippen LogP contribution in [0.4, 0.5) is 4.39 Å². The van der Waals surface area contributed by atoms with Crippen molar-refractivity contribution >= 4 is 0 Å². The van der Waals surface area contributed by atoms with E-state index in [-0.39, 0.29) is 10.5 Å². The maximum absolute atomic E-state index is 12.6.